The van der Waals surface area contributed by atoms with Gasteiger partial charge >= 0.3 is 6.03 Å². The van der Waals surface area contributed by atoms with Crippen LogP contribution < -0.4 is 10.6 Å². The van der Waals surface area contributed by atoms with Crippen LogP contribution in [0.5, 0.6) is 0 Å². The normalized spacial score (nSPS) is 10.3. The van der Waals surface area contributed by atoms with Crippen LogP contribution >= 0.6 is 35.3 Å². The predicted molar refractivity (Wildman–Crippen MR) is 85.6 cm³/mol. The summed E-state index contributed by atoms with van der Waals surface area (Å²) in [5, 5.41) is 8.71. The number of benzene rings is 1. The van der Waals surface area contributed by atoms with Crippen molar-refractivity contribution < 1.29 is 14.0 Å². The second kappa shape index (κ2) is 7.47. The Labute approximate surface area is 138 Å². The molecule has 116 valence electrons. The van der Waals surface area contributed by atoms with Crippen molar-refractivity contribution in [1.29, 1.82) is 0 Å². The van der Waals surface area contributed by atoms with Crippen LogP contribution in [0.1, 0.15) is 0 Å². The summed E-state index contributed by atoms with van der Waals surface area (Å²) >= 11 is 7.61. The molecule has 0 saturated heterocycles. The van der Waals surface area contributed by atoms with Gasteiger partial charge in [-0.3, -0.25) is 10.1 Å². The molecule has 1 aromatic carbocycles. The van der Waals surface area contributed by atoms with Gasteiger partial charge in [0.25, 0.3) is 0 Å². The predicted octanol–water partition coefficient (Wildman–Crippen LogP) is 2.35. The maximum absolute atomic E-state index is 12.9. The second-order valence-electron chi connectivity index (χ2n) is 3.94. The maximum atomic E-state index is 12.9. The van der Waals surface area contributed by atoms with E-state index in [1.165, 1.54) is 47.0 Å². The van der Waals surface area contributed by atoms with E-state index in [0.29, 0.717) is 14.0 Å². The summed E-state index contributed by atoms with van der Waals surface area (Å²) in [7, 11) is 1.42. The van der Waals surface area contributed by atoms with E-state index >= 15 is 0 Å². The lowest BCUT2D eigenvalue weighted by Gasteiger charge is -2.01. The van der Waals surface area contributed by atoms with Gasteiger partial charge in [0, 0.05) is 7.05 Å². The third kappa shape index (κ3) is 4.36. The molecule has 0 bridgehead atoms. The highest BCUT2D eigenvalue weighted by molar-refractivity contribution is 8.01. The average molecular weight is 358 g/mol. The standard InChI is InChI=1S/C12H11FN4O2S3/c1-14-10(19)15-9(18)6-21-11-16-17(12(20)22-11)8-4-2-7(13)3-5-8/h2-5H,6H2,1H3,(H2,14,15,18,19). The van der Waals surface area contributed by atoms with Crippen molar-refractivity contribution in [3.8, 4) is 5.69 Å². The van der Waals surface area contributed by atoms with Gasteiger partial charge in [0.2, 0.25) is 5.91 Å². The number of aromatic nitrogens is 2. The van der Waals surface area contributed by atoms with Crippen molar-refractivity contribution in [2.24, 2.45) is 0 Å². The molecule has 0 aliphatic heterocycles. The van der Waals surface area contributed by atoms with Crippen LogP contribution in [-0.4, -0.2) is 34.5 Å². The lowest BCUT2D eigenvalue weighted by Crippen LogP contribution is -2.38. The Bertz CT molecular complexity index is 742. The fraction of sp³-hybridized carbons (Fsp3) is 0.167. The molecule has 6 nitrogen and oxygen atoms in total. The molecule has 2 aromatic rings. The first-order chi connectivity index (χ1) is 10.5. The number of urea groups is 1. The topological polar surface area (TPSA) is 76.0 Å². The molecule has 0 unspecified atom stereocenters. The zero-order valence-corrected chi connectivity index (χ0v) is 13.8. The van der Waals surface area contributed by atoms with Gasteiger partial charge in [-0.15, -0.1) is 5.10 Å². The van der Waals surface area contributed by atoms with E-state index in [1.807, 2.05) is 0 Å². The molecule has 1 aromatic heterocycles. The second-order valence-corrected chi connectivity index (χ2v) is 6.78. The molecular weight excluding hydrogens is 347 g/mol. The van der Waals surface area contributed by atoms with Gasteiger partial charge in [0.15, 0.2) is 8.29 Å². The van der Waals surface area contributed by atoms with Crippen LogP contribution in [0, 0.1) is 9.77 Å². The minimum atomic E-state index is -0.560. The molecule has 0 fully saturated rings. The molecule has 0 radical (unpaired) electrons. The zero-order chi connectivity index (χ0) is 16.1. The van der Waals surface area contributed by atoms with Crippen molar-refractivity contribution in [3.05, 3.63) is 34.0 Å². The zero-order valence-electron chi connectivity index (χ0n) is 11.3. The van der Waals surface area contributed by atoms with E-state index in [1.54, 1.807) is 12.1 Å². The first kappa shape index (κ1) is 16.6. The minimum Gasteiger partial charge on any atom is -0.341 e. The quantitative estimate of drug-likeness (QED) is 0.648. The molecule has 0 spiro atoms. The highest BCUT2D eigenvalue weighted by Gasteiger charge is 2.10. The summed E-state index contributed by atoms with van der Waals surface area (Å²) in [6, 6.07) is 5.21. The Morgan fingerprint density at radius 2 is 2.09 bits per heavy atom. The number of amides is 3. The number of carbonyl (C=O) groups excluding carboxylic acids is 2. The van der Waals surface area contributed by atoms with E-state index in [0.717, 1.165) is 0 Å². The lowest BCUT2D eigenvalue weighted by molar-refractivity contribution is -0.117. The van der Waals surface area contributed by atoms with Crippen LogP contribution in [0.4, 0.5) is 9.18 Å². The van der Waals surface area contributed by atoms with Crippen molar-refractivity contribution in [3.63, 3.8) is 0 Å². The molecule has 10 heteroatoms. The van der Waals surface area contributed by atoms with Gasteiger partial charge < -0.3 is 5.32 Å². The first-order valence-corrected chi connectivity index (χ1v) is 8.21. The molecule has 0 saturated carbocycles. The Hall–Kier alpha value is -1.78. The summed E-state index contributed by atoms with van der Waals surface area (Å²) in [6.45, 7) is 0. The van der Waals surface area contributed by atoms with Crippen molar-refractivity contribution in [2.45, 2.75) is 4.34 Å². The third-order valence-corrected chi connectivity index (χ3v) is 4.77. The van der Waals surface area contributed by atoms with Gasteiger partial charge in [0.1, 0.15) is 5.82 Å². The largest absolute Gasteiger partial charge is 0.341 e. The van der Waals surface area contributed by atoms with Gasteiger partial charge in [-0.2, -0.15) is 0 Å². The van der Waals surface area contributed by atoms with Crippen molar-refractivity contribution in [2.75, 3.05) is 12.8 Å². The molecule has 0 aliphatic carbocycles. The van der Waals surface area contributed by atoms with Crippen LogP contribution in [0.2, 0.25) is 0 Å². The lowest BCUT2D eigenvalue weighted by atomic mass is 10.3. The molecule has 0 atom stereocenters. The van der Waals surface area contributed by atoms with Gasteiger partial charge in [-0.25, -0.2) is 13.9 Å². The molecule has 2 N–H and O–H groups in total. The fourth-order valence-corrected chi connectivity index (χ4v) is 3.58. The first-order valence-electron chi connectivity index (χ1n) is 6.00. The van der Waals surface area contributed by atoms with E-state index in [2.05, 4.69) is 15.7 Å². The van der Waals surface area contributed by atoms with Crippen LogP contribution in [0.25, 0.3) is 5.69 Å². The van der Waals surface area contributed by atoms with E-state index < -0.39 is 11.9 Å². The van der Waals surface area contributed by atoms with Gasteiger partial charge in [0.05, 0.1) is 11.4 Å². The molecule has 22 heavy (non-hydrogen) atoms. The third-order valence-electron chi connectivity index (χ3n) is 2.41. The number of thioether (sulfide) groups is 1. The molecule has 1 heterocycles. The SMILES string of the molecule is CNC(=O)NC(=O)CSc1nn(-c2ccc(F)cc2)c(=S)s1. The van der Waals surface area contributed by atoms with E-state index in [-0.39, 0.29) is 11.6 Å². The van der Waals surface area contributed by atoms with Crippen LogP contribution in [0.3, 0.4) is 0 Å². The number of hydrogen-bond donors (Lipinski definition) is 2. The number of imide groups is 1. The molecule has 3 amide bonds. The number of nitrogens with one attached hydrogen (secondary N) is 2. The minimum absolute atomic E-state index is 0.0408. The summed E-state index contributed by atoms with van der Waals surface area (Å²) < 4.78 is 15.5. The van der Waals surface area contributed by atoms with Gasteiger partial charge in [-0.05, 0) is 36.5 Å². The Morgan fingerprint density at radius 3 is 2.73 bits per heavy atom. The molecule has 2 rings (SSSR count). The number of hydrogen-bond acceptors (Lipinski definition) is 6. The summed E-state index contributed by atoms with van der Waals surface area (Å²) in [6.07, 6.45) is 0. The summed E-state index contributed by atoms with van der Waals surface area (Å²) in [4.78, 5) is 22.5. The van der Waals surface area contributed by atoms with Crippen molar-refractivity contribution in [1.82, 2.24) is 20.4 Å². The number of carbonyl (C=O) groups is 2. The Morgan fingerprint density at radius 1 is 1.41 bits per heavy atom. The number of halogens is 1. The molecule has 0 aliphatic rings. The number of nitrogens with zero attached hydrogens (tertiary/aromatic N) is 2. The smallest absolute Gasteiger partial charge is 0.321 e. The highest BCUT2D eigenvalue weighted by atomic mass is 32.2. The maximum Gasteiger partial charge on any atom is 0.321 e. The van der Waals surface area contributed by atoms with Crippen molar-refractivity contribution >= 4 is 47.3 Å². The highest BCUT2D eigenvalue weighted by Crippen LogP contribution is 2.23. The van der Waals surface area contributed by atoms with Gasteiger partial charge in [-0.1, -0.05) is 23.1 Å². The fourth-order valence-electron chi connectivity index (χ4n) is 1.42. The Balaban J connectivity index is 2.04. The van der Waals surface area contributed by atoms with E-state index in [4.69, 9.17) is 12.2 Å². The average Bonchev–Trinajstić information content (AvgIpc) is 2.87. The van der Waals surface area contributed by atoms with Crippen LogP contribution in [-0.2, 0) is 4.79 Å². The summed E-state index contributed by atoms with van der Waals surface area (Å²) in [5.41, 5.74) is 0.643. The van der Waals surface area contributed by atoms with Crippen LogP contribution in [0.15, 0.2) is 28.6 Å². The summed E-state index contributed by atoms with van der Waals surface area (Å²) in [5.74, 6) is -0.733. The number of rotatable bonds is 4. The monoisotopic (exact) mass is 358 g/mol. The molecular formula is C12H11FN4O2S3. The Kier molecular flexibility index (Phi) is 5.63. The van der Waals surface area contributed by atoms with E-state index in [9.17, 15) is 14.0 Å².